The first-order chi connectivity index (χ1) is 13.1. The summed E-state index contributed by atoms with van der Waals surface area (Å²) >= 11 is 0. The van der Waals surface area contributed by atoms with Crippen molar-refractivity contribution in [1.82, 2.24) is 20.4 Å². The van der Waals surface area contributed by atoms with Gasteiger partial charge in [0.2, 0.25) is 5.91 Å². The molecule has 3 rings (SSSR count). The minimum absolute atomic E-state index is 0.0242. The molecule has 0 radical (unpaired) electrons. The van der Waals surface area contributed by atoms with Crippen LogP contribution in [0.25, 0.3) is 0 Å². The Balaban J connectivity index is 1.63. The van der Waals surface area contributed by atoms with Crippen LogP contribution >= 0.6 is 0 Å². The lowest BCUT2D eigenvalue weighted by Gasteiger charge is -2.45. The standard InChI is InChI=1S/C21H32N4O2/c1-3-8-18(17-9-5-4-6-10-17)23-20(27)25-15-11-21(12-16-25)19(26)22-13-7-14-24(21)2/h4-6,9-10,18H,3,7-8,11-16H2,1-2H3,(H,22,26)(H,23,27)/t18-/m1/s1. The fourth-order valence-corrected chi connectivity index (χ4v) is 4.30. The van der Waals surface area contributed by atoms with Gasteiger partial charge in [-0.2, -0.15) is 0 Å². The number of likely N-dealkylation sites (N-methyl/N-ethyl adjacent to an activating group) is 1. The summed E-state index contributed by atoms with van der Waals surface area (Å²) in [5.41, 5.74) is 0.680. The highest BCUT2D eigenvalue weighted by Crippen LogP contribution is 2.30. The van der Waals surface area contributed by atoms with E-state index in [1.54, 1.807) is 0 Å². The van der Waals surface area contributed by atoms with Gasteiger partial charge in [0.15, 0.2) is 0 Å². The summed E-state index contributed by atoms with van der Waals surface area (Å²) in [6, 6.07) is 10.2. The van der Waals surface area contributed by atoms with Gasteiger partial charge in [-0.1, -0.05) is 43.7 Å². The van der Waals surface area contributed by atoms with Crippen molar-refractivity contribution in [3.05, 3.63) is 35.9 Å². The number of amides is 3. The fraction of sp³-hybridized carbons (Fsp3) is 0.619. The molecule has 2 aliphatic rings. The molecule has 2 heterocycles. The van der Waals surface area contributed by atoms with Crippen molar-refractivity contribution in [3.8, 4) is 0 Å². The smallest absolute Gasteiger partial charge is 0.317 e. The van der Waals surface area contributed by atoms with Crippen LogP contribution in [0.1, 0.15) is 50.6 Å². The average Bonchev–Trinajstić information content (AvgIpc) is 2.83. The Morgan fingerprint density at radius 2 is 1.93 bits per heavy atom. The number of likely N-dealkylation sites (tertiary alicyclic amines) is 1. The van der Waals surface area contributed by atoms with Crippen LogP contribution in [-0.4, -0.2) is 60.5 Å². The van der Waals surface area contributed by atoms with Crippen molar-refractivity contribution in [2.24, 2.45) is 0 Å². The quantitative estimate of drug-likeness (QED) is 0.854. The molecular weight excluding hydrogens is 340 g/mol. The Morgan fingerprint density at radius 1 is 1.22 bits per heavy atom. The summed E-state index contributed by atoms with van der Waals surface area (Å²) in [7, 11) is 2.04. The van der Waals surface area contributed by atoms with E-state index in [1.807, 2.05) is 30.1 Å². The van der Waals surface area contributed by atoms with Crippen molar-refractivity contribution in [3.63, 3.8) is 0 Å². The molecule has 27 heavy (non-hydrogen) atoms. The first-order valence-corrected chi connectivity index (χ1v) is 10.2. The number of nitrogens with one attached hydrogen (secondary N) is 2. The minimum Gasteiger partial charge on any atom is -0.354 e. The average molecular weight is 373 g/mol. The Bertz CT molecular complexity index is 641. The van der Waals surface area contributed by atoms with Gasteiger partial charge in [-0.05, 0) is 38.3 Å². The Labute approximate surface area is 162 Å². The SMILES string of the molecule is CCC[C@@H](NC(=O)N1CCC2(CC1)C(=O)NCCCN2C)c1ccccc1. The van der Waals surface area contributed by atoms with E-state index in [1.165, 1.54) is 0 Å². The summed E-state index contributed by atoms with van der Waals surface area (Å²) in [6.07, 6.45) is 4.27. The monoisotopic (exact) mass is 372 g/mol. The van der Waals surface area contributed by atoms with Crippen LogP contribution in [0.5, 0.6) is 0 Å². The van der Waals surface area contributed by atoms with Crippen LogP contribution in [0.3, 0.4) is 0 Å². The van der Waals surface area contributed by atoms with Crippen LogP contribution in [0.2, 0.25) is 0 Å². The van der Waals surface area contributed by atoms with Crippen molar-refractivity contribution in [2.75, 3.05) is 33.2 Å². The first kappa shape index (κ1) is 19.7. The zero-order valence-corrected chi connectivity index (χ0v) is 16.5. The normalized spacial score (nSPS) is 21.4. The maximum Gasteiger partial charge on any atom is 0.317 e. The van der Waals surface area contributed by atoms with Crippen molar-refractivity contribution in [2.45, 2.75) is 50.6 Å². The Kier molecular flexibility index (Phi) is 6.37. The molecule has 0 unspecified atom stereocenters. The van der Waals surface area contributed by atoms with Crippen LogP contribution in [0.4, 0.5) is 4.79 Å². The van der Waals surface area contributed by atoms with E-state index >= 15 is 0 Å². The lowest BCUT2D eigenvalue weighted by atomic mass is 9.85. The molecule has 3 amide bonds. The zero-order chi connectivity index (χ0) is 19.3. The largest absolute Gasteiger partial charge is 0.354 e. The topological polar surface area (TPSA) is 64.7 Å². The molecule has 2 fully saturated rings. The van der Waals surface area contributed by atoms with E-state index in [2.05, 4.69) is 34.6 Å². The molecule has 0 aromatic heterocycles. The van der Waals surface area contributed by atoms with E-state index in [-0.39, 0.29) is 18.0 Å². The molecule has 2 aliphatic heterocycles. The Hall–Kier alpha value is -2.08. The van der Waals surface area contributed by atoms with E-state index < -0.39 is 5.54 Å². The second kappa shape index (κ2) is 8.74. The predicted octanol–water partition coefficient (Wildman–Crippen LogP) is 2.52. The third-order valence-corrected chi connectivity index (χ3v) is 6.06. The molecule has 0 saturated carbocycles. The van der Waals surface area contributed by atoms with Crippen LogP contribution in [-0.2, 0) is 4.79 Å². The predicted molar refractivity (Wildman–Crippen MR) is 106 cm³/mol. The lowest BCUT2D eigenvalue weighted by Crippen LogP contribution is -2.62. The molecular formula is C21H32N4O2. The molecule has 1 spiro atoms. The van der Waals surface area contributed by atoms with Gasteiger partial charge in [0.1, 0.15) is 5.54 Å². The van der Waals surface area contributed by atoms with E-state index in [9.17, 15) is 9.59 Å². The van der Waals surface area contributed by atoms with Gasteiger partial charge < -0.3 is 15.5 Å². The van der Waals surface area contributed by atoms with Crippen molar-refractivity contribution < 1.29 is 9.59 Å². The van der Waals surface area contributed by atoms with E-state index in [4.69, 9.17) is 0 Å². The van der Waals surface area contributed by atoms with Crippen molar-refractivity contribution >= 4 is 11.9 Å². The van der Waals surface area contributed by atoms with Gasteiger partial charge in [-0.25, -0.2) is 4.79 Å². The highest BCUT2D eigenvalue weighted by Gasteiger charge is 2.46. The number of rotatable bonds is 4. The van der Waals surface area contributed by atoms with Gasteiger partial charge >= 0.3 is 6.03 Å². The second-order valence-corrected chi connectivity index (χ2v) is 7.75. The third kappa shape index (κ3) is 4.26. The van der Waals surface area contributed by atoms with Crippen LogP contribution < -0.4 is 10.6 Å². The number of benzene rings is 1. The number of hydrogen-bond donors (Lipinski definition) is 2. The van der Waals surface area contributed by atoms with Gasteiger partial charge in [0, 0.05) is 26.2 Å². The molecule has 0 bridgehead atoms. The summed E-state index contributed by atoms with van der Waals surface area (Å²) in [5, 5.41) is 6.25. The number of hydrogen-bond acceptors (Lipinski definition) is 3. The van der Waals surface area contributed by atoms with Crippen molar-refractivity contribution in [1.29, 1.82) is 0 Å². The number of carbonyl (C=O) groups is 2. The van der Waals surface area contributed by atoms with E-state index in [0.29, 0.717) is 25.9 Å². The molecule has 0 aliphatic carbocycles. The molecule has 1 atom stereocenters. The van der Waals surface area contributed by atoms with Gasteiger partial charge in [0.05, 0.1) is 6.04 Å². The van der Waals surface area contributed by atoms with Gasteiger partial charge in [0.25, 0.3) is 0 Å². The molecule has 1 aromatic carbocycles. The molecule has 148 valence electrons. The number of nitrogens with zero attached hydrogens (tertiary/aromatic N) is 2. The summed E-state index contributed by atoms with van der Waals surface area (Å²) in [4.78, 5) is 29.6. The molecule has 6 heteroatoms. The molecule has 2 N–H and O–H groups in total. The van der Waals surface area contributed by atoms with Gasteiger partial charge in [-0.15, -0.1) is 0 Å². The Morgan fingerprint density at radius 3 is 2.59 bits per heavy atom. The highest BCUT2D eigenvalue weighted by molar-refractivity contribution is 5.87. The fourth-order valence-electron chi connectivity index (χ4n) is 4.30. The number of carbonyl (C=O) groups excluding carboxylic acids is 2. The zero-order valence-electron chi connectivity index (χ0n) is 16.5. The maximum absolute atomic E-state index is 12.9. The second-order valence-electron chi connectivity index (χ2n) is 7.75. The van der Waals surface area contributed by atoms with E-state index in [0.717, 1.165) is 37.9 Å². The number of piperidine rings is 1. The number of urea groups is 1. The summed E-state index contributed by atoms with van der Waals surface area (Å²) < 4.78 is 0. The molecule has 1 aromatic rings. The molecule has 2 saturated heterocycles. The summed E-state index contributed by atoms with van der Waals surface area (Å²) in [5.74, 6) is 0.121. The lowest BCUT2D eigenvalue weighted by molar-refractivity contribution is -0.134. The summed E-state index contributed by atoms with van der Waals surface area (Å²) in [6.45, 7) is 5.00. The highest BCUT2D eigenvalue weighted by atomic mass is 16.2. The minimum atomic E-state index is -0.463. The molecule has 6 nitrogen and oxygen atoms in total. The van der Waals surface area contributed by atoms with Crippen LogP contribution in [0.15, 0.2) is 30.3 Å². The van der Waals surface area contributed by atoms with Gasteiger partial charge in [-0.3, -0.25) is 9.69 Å². The van der Waals surface area contributed by atoms with Crippen LogP contribution in [0, 0.1) is 0 Å². The first-order valence-electron chi connectivity index (χ1n) is 10.2. The third-order valence-electron chi connectivity index (χ3n) is 6.06. The maximum atomic E-state index is 12.9.